The van der Waals surface area contributed by atoms with Crippen molar-refractivity contribution in [3.05, 3.63) is 59.5 Å². The summed E-state index contributed by atoms with van der Waals surface area (Å²) in [5.74, 6) is 2.18. The number of fused-ring (bicyclic) bond motifs is 1. The van der Waals surface area contributed by atoms with Crippen LogP contribution in [0.4, 0.5) is 5.82 Å². The third-order valence-corrected chi connectivity index (χ3v) is 5.54. The summed E-state index contributed by atoms with van der Waals surface area (Å²) in [5.41, 5.74) is 0.329. The maximum absolute atomic E-state index is 12.9. The maximum Gasteiger partial charge on any atom is 0.276 e. The Hall–Kier alpha value is -3.33. The summed E-state index contributed by atoms with van der Waals surface area (Å²) in [4.78, 5) is 21.1. The summed E-state index contributed by atoms with van der Waals surface area (Å²) in [6.45, 7) is 3.44. The summed E-state index contributed by atoms with van der Waals surface area (Å²) in [6.07, 6.45) is 3.10. The highest BCUT2D eigenvalue weighted by atomic mass is 35.5. The maximum atomic E-state index is 12.9. The molecule has 9 nitrogen and oxygen atoms in total. The number of halogens is 1. The van der Waals surface area contributed by atoms with Crippen molar-refractivity contribution >= 4 is 23.3 Å². The molecule has 0 aliphatic carbocycles. The lowest BCUT2D eigenvalue weighted by Crippen LogP contribution is -2.49. The van der Waals surface area contributed by atoms with E-state index in [1.807, 2.05) is 36.4 Å². The van der Waals surface area contributed by atoms with E-state index in [0.29, 0.717) is 55.8 Å². The number of carbonyl (C=O) groups is 1. The average Bonchev–Trinajstić information content (AvgIpc) is 3.27. The van der Waals surface area contributed by atoms with Crippen LogP contribution < -0.4 is 14.4 Å². The molecule has 4 heterocycles. The van der Waals surface area contributed by atoms with E-state index in [4.69, 9.17) is 21.1 Å². The van der Waals surface area contributed by atoms with Crippen LogP contribution in [0.2, 0.25) is 5.02 Å². The van der Waals surface area contributed by atoms with E-state index in [9.17, 15) is 4.79 Å². The Bertz CT molecular complexity index is 1060. The molecule has 1 aromatic carbocycles. The van der Waals surface area contributed by atoms with Gasteiger partial charge in [-0.1, -0.05) is 28.9 Å². The summed E-state index contributed by atoms with van der Waals surface area (Å²) in [5, 5.41) is 8.78. The molecule has 0 spiro atoms. The number of para-hydroxylation sites is 2. The van der Waals surface area contributed by atoms with Gasteiger partial charge in [-0.15, -0.1) is 5.10 Å². The van der Waals surface area contributed by atoms with Gasteiger partial charge in [-0.05, 0) is 24.3 Å². The van der Waals surface area contributed by atoms with Gasteiger partial charge in [0.15, 0.2) is 23.3 Å². The Morgan fingerprint density at radius 3 is 2.68 bits per heavy atom. The van der Waals surface area contributed by atoms with Gasteiger partial charge in [-0.3, -0.25) is 4.79 Å². The number of hydrogen-bond donors (Lipinski definition) is 0. The normalized spacial score (nSPS) is 18.2. The van der Waals surface area contributed by atoms with E-state index in [0.717, 1.165) is 11.6 Å². The van der Waals surface area contributed by atoms with Crippen LogP contribution in [-0.4, -0.2) is 69.7 Å². The first-order valence-electron chi connectivity index (χ1n) is 10.1. The van der Waals surface area contributed by atoms with E-state index in [1.165, 1.54) is 0 Å². The van der Waals surface area contributed by atoms with Crippen LogP contribution in [-0.2, 0) is 6.54 Å². The van der Waals surface area contributed by atoms with E-state index in [1.54, 1.807) is 22.0 Å². The Labute approximate surface area is 184 Å². The molecule has 2 aliphatic heterocycles. The molecule has 5 rings (SSSR count). The third-order valence-electron chi connectivity index (χ3n) is 5.32. The van der Waals surface area contributed by atoms with Gasteiger partial charge in [0.1, 0.15) is 12.4 Å². The molecule has 31 heavy (non-hydrogen) atoms. The SMILES string of the molecule is O=C(c1cn(C[C@H]2COc3ccccc3O2)nn1)N1CCN(c2ccc(Cl)cn2)CC1. The van der Waals surface area contributed by atoms with E-state index in [-0.39, 0.29) is 12.0 Å². The fraction of sp³-hybridized carbons (Fsp3) is 0.333. The molecule has 1 atom stereocenters. The van der Waals surface area contributed by atoms with Crippen molar-refractivity contribution in [3.8, 4) is 11.5 Å². The van der Waals surface area contributed by atoms with Crippen LogP contribution in [0.1, 0.15) is 10.5 Å². The number of amides is 1. The largest absolute Gasteiger partial charge is 0.486 e. The van der Waals surface area contributed by atoms with E-state index in [2.05, 4.69) is 20.2 Å². The highest BCUT2D eigenvalue weighted by Crippen LogP contribution is 2.31. The van der Waals surface area contributed by atoms with Crippen LogP contribution >= 0.6 is 11.6 Å². The zero-order chi connectivity index (χ0) is 21.2. The number of piperazine rings is 1. The monoisotopic (exact) mass is 440 g/mol. The molecule has 1 fully saturated rings. The number of aromatic nitrogens is 4. The number of ether oxygens (including phenoxy) is 2. The van der Waals surface area contributed by atoms with Crippen LogP contribution in [0.15, 0.2) is 48.8 Å². The molecule has 0 radical (unpaired) electrons. The molecule has 10 heteroatoms. The Kier molecular flexibility index (Phi) is 5.33. The molecular formula is C21H21ClN6O3. The molecule has 1 saturated heterocycles. The van der Waals surface area contributed by atoms with Gasteiger partial charge in [0, 0.05) is 32.4 Å². The molecule has 2 aromatic heterocycles. The first-order chi connectivity index (χ1) is 15.2. The van der Waals surface area contributed by atoms with Crippen molar-refractivity contribution in [2.75, 3.05) is 37.7 Å². The summed E-state index contributed by atoms with van der Waals surface area (Å²) >= 11 is 5.91. The smallest absolute Gasteiger partial charge is 0.276 e. The molecule has 0 bridgehead atoms. The van der Waals surface area contributed by atoms with Crippen molar-refractivity contribution in [3.63, 3.8) is 0 Å². The lowest BCUT2D eigenvalue weighted by molar-refractivity contribution is 0.0737. The fourth-order valence-corrected chi connectivity index (χ4v) is 3.81. The quantitative estimate of drug-likeness (QED) is 0.614. The Morgan fingerprint density at radius 2 is 1.90 bits per heavy atom. The minimum absolute atomic E-state index is 0.124. The van der Waals surface area contributed by atoms with Crippen molar-refractivity contribution in [2.45, 2.75) is 12.6 Å². The number of carbonyl (C=O) groups excluding carboxylic acids is 1. The fourth-order valence-electron chi connectivity index (χ4n) is 3.70. The second-order valence-corrected chi connectivity index (χ2v) is 7.87. The lowest BCUT2D eigenvalue weighted by atomic mass is 10.2. The molecular weight excluding hydrogens is 420 g/mol. The molecule has 2 aliphatic rings. The van der Waals surface area contributed by atoms with Gasteiger partial charge in [0.25, 0.3) is 5.91 Å². The molecule has 160 valence electrons. The van der Waals surface area contributed by atoms with Gasteiger partial charge in [0.2, 0.25) is 0 Å². The second kappa shape index (κ2) is 8.43. The number of hydrogen-bond acceptors (Lipinski definition) is 7. The van der Waals surface area contributed by atoms with Crippen molar-refractivity contribution in [2.24, 2.45) is 0 Å². The number of benzene rings is 1. The first kappa shape index (κ1) is 19.6. The van der Waals surface area contributed by atoms with Crippen LogP contribution in [0, 0.1) is 0 Å². The number of pyridine rings is 1. The average molecular weight is 441 g/mol. The molecule has 3 aromatic rings. The van der Waals surface area contributed by atoms with Crippen LogP contribution in [0.3, 0.4) is 0 Å². The predicted molar refractivity (Wildman–Crippen MR) is 114 cm³/mol. The minimum atomic E-state index is -0.199. The lowest BCUT2D eigenvalue weighted by Gasteiger charge is -2.35. The van der Waals surface area contributed by atoms with Crippen molar-refractivity contribution < 1.29 is 14.3 Å². The van der Waals surface area contributed by atoms with Gasteiger partial charge in [-0.25, -0.2) is 9.67 Å². The zero-order valence-corrected chi connectivity index (χ0v) is 17.5. The highest BCUT2D eigenvalue weighted by Gasteiger charge is 2.26. The molecule has 0 unspecified atom stereocenters. The number of nitrogens with zero attached hydrogens (tertiary/aromatic N) is 6. The summed E-state index contributed by atoms with van der Waals surface area (Å²) < 4.78 is 13.3. The Balaban J connectivity index is 1.17. The molecule has 0 saturated carbocycles. The molecule has 1 amide bonds. The second-order valence-electron chi connectivity index (χ2n) is 7.44. The van der Waals surface area contributed by atoms with Crippen molar-refractivity contribution in [1.82, 2.24) is 24.9 Å². The minimum Gasteiger partial charge on any atom is -0.486 e. The zero-order valence-electron chi connectivity index (χ0n) is 16.7. The van der Waals surface area contributed by atoms with Crippen LogP contribution in [0.25, 0.3) is 0 Å². The first-order valence-corrected chi connectivity index (χ1v) is 10.5. The summed E-state index contributed by atoms with van der Waals surface area (Å²) in [6, 6.07) is 11.3. The van der Waals surface area contributed by atoms with Gasteiger partial charge in [0.05, 0.1) is 17.8 Å². The molecule has 0 N–H and O–H groups in total. The van der Waals surface area contributed by atoms with Gasteiger partial charge in [-0.2, -0.15) is 0 Å². The highest BCUT2D eigenvalue weighted by molar-refractivity contribution is 6.30. The summed E-state index contributed by atoms with van der Waals surface area (Å²) in [7, 11) is 0. The Morgan fingerprint density at radius 1 is 1.10 bits per heavy atom. The van der Waals surface area contributed by atoms with Crippen molar-refractivity contribution in [1.29, 1.82) is 0 Å². The topological polar surface area (TPSA) is 85.6 Å². The van der Waals surface area contributed by atoms with Crippen LogP contribution in [0.5, 0.6) is 11.5 Å². The van der Waals surface area contributed by atoms with Gasteiger partial charge < -0.3 is 19.3 Å². The van der Waals surface area contributed by atoms with Gasteiger partial charge >= 0.3 is 0 Å². The predicted octanol–water partition coefficient (Wildman–Crippen LogP) is 2.13. The van der Waals surface area contributed by atoms with E-state index >= 15 is 0 Å². The van der Waals surface area contributed by atoms with E-state index < -0.39 is 0 Å². The number of anilines is 1. The standard InChI is InChI=1S/C21H21ClN6O3/c22-15-5-6-20(23-11-15)26-7-9-27(10-8-26)21(29)17-13-28(25-24-17)12-16-14-30-18-3-1-2-4-19(18)31-16/h1-6,11,13,16H,7-10,12,14H2/t16-/m0/s1. The third kappa shape index (κ3) is 4.27. The number of rotatable bonds is 4.